The third-order valence-electron chi connectivity index (χ3n) is 2.39. The second kappa shape index (κ2) is 3.34. The average Bonchev–Trinajstić information content (AvgIpc) is 2.99. The quantitative estimate of drug-likeness (QED) is 0.597. The normalized spacial score (nSPS) is 14.9. The third kappa shape index (κ3) is 1.68. The lowest BCUT2D eigenvalue weighted by Crippen LogP contribution is -2.14. The zero-order valence-electron chi connectivity index (χ0n) is 7.84. The second-order valence-corrected chi connectivity index (χ2v) is 3.44. The van der Waals surface area contributed by atoms with Crippen molar-refractivity contribution in [3.8, 4) is 0 Å². The minimum atomic E-state index is -0.760. The number of rotatable bonds is 3. The monoisotopic (exact) mass is 205 g/mol. The zero-order valence-corrected chi connectivity index (χ0v) is 7.84. The molecule has 1 aliphatic rings. The maximum Gasteiger partial charge on any atom is 0.285 e. The summed E-state index contributed by atoms with van der Waals surface area (Å²) in [6.45, 7) is 0. The van der Waals surface area contributed by atoms with E-state index >= 15 is 0 Å². The van der Waals surface area contributed by atoms with Crippen molar-refractivity contribution in [3.63, 3.8) is 0 Å². The summed E-state index contributed by atoms with van der Waals surface area (Å²) >= 11 is 0. The van der Waals surface area contributed by atoms with Crippen LogP contribution >= 0.6 is 0 Å². The molecule has 1 unspecified atom stereocenters. The van der Waals surface area contributed by atoms with Crippen molar-refractivity contribution in [1.29, 1.82) is 0 Å². The van der Waals surface area contributed by atoms with E-state index in [9.17, 15) is 14.9 Å². The van der Waals surface area contributed by atoms with E-state index in [1.54, 1.807) is 12.1 Å². The molecule has 5 nitrogen and oxygen atoms in total. The average molecular weight is 205 g/mol. The molecule has 2 rings (SSSR count). The van der Waals surface area contributed by atoms with Gasteiger partial charge < -0.3 is 5.73 Å². The van der Waals surface area contributed by atoms with Gasteiger partial charge in [-0.15, -0.1) is 0 Å². The molecule has 1 aromatic carbocycles. The molecule has 0 spiro atoms. The van der Waals surface area contributed by atoms with Gasteiger partial charge in [0.15, 0.2) is 0 Å². The Balaban J connectivity index is 2.59. The van der Waals surface area contributed by atoms with Crippen LogP contribution < -0.4 is 5.73 Å². The van der Waals surface area contributed by atoms with E-state index < -0.39 is 10.8 Å². The van der Waals surface area contributed by atoms with Crippen LogP contribution in [0.1, 0.15) is 28.3 Å². The number of para-hydroxylation sites is 1. The van der Waals surface area contributed by atoms with Gasteiger partial charge in [0.05, 0.1) is 4.92 Å². The molecule has 0 bridgehead atoms. The number of amides is 1. The molecular formula is C10H9N2O3. The van der Waals surface area contributed by atoms with Gasteiger partial charge in [0.1, 0.15) is 5.56 Å². The SMILES string of the molecule is NC(=O)c1cccc(C2[CH]C2)c1[N+](=O)[O-]. The summed E-state index contributed by atoms with van der Waals surface area (Å²) in [5, 5.41) is 10.9. The fraction of sp³-hybridized carbons (Fsp3) is 0.200. The van der Waals surface area contributed by atoms with Crippen LogP contribution in [0.25, 0.3) is 0 Å². The predicted octanol–water partition coefficient (Wildman–Crippen LogP) is 1.39. The fourth-order valence-corrected chi connectivity index (χ4v) is 1.59. The smallest absolute Gasteiger partial charge is 0.285 e. The molecule has 1 amide bonds. The number of nitro benzene ring substituents is 1. The Morgan fingerprint density at radius 3 is 2.67 bits per heavy atom. The van der Waals surface area contributed by atoms with Crippen LogP contribution in [0.4, 0.5) is 5.69 Å². The molecule has 0 saturated heterocycles. The first-order valence-corrected chi connectivity index (χ1v) is 4.51. The van der Waals surface area contributed by atoms with Gasteiger partial charge in [0, 0.05) is 5.56 Å². The molecule has 0 aliphatic heterocycles. The Bertz CT molecular complexity index is 438. The third-order valence-corrected chi connectivity index (χ3v) is 2.39. The number of nitro groups is 1. The summed E-state index contributed by atoms with van der Waals surface area (Å²) in [6.07, 6.45) is 2.77. The van der Waals surface area contributed by atoms with Gasteiger partial charge in [-0.3, -0.25) is 14.9 Å². The lowest BCUT2D eigenvalue weighted by Gasteiger charge is -2.03. The van der Waals surface area contributed by atoms with Gasteiger partial charge in [0.2, 0.25) is 0 Å². The Kier molecular flexibility index (Phi) is 2.15. The van der Waals surface area contributed by atoms with Crippen LogP contribution in [0, 0.1) is 16.5 Å². The molecule has 15 heavy (non-hydrogen) atoms. The van der Waals surface area contributed by atoms with Crippen molar-refractivity contribution >= 4 is 11.6 Å². The van der Waals surface area contributed by atoms with Gasteiger partial charge in [-0.05, 0) is 24.8 Å². The van der Waals surface area contributed by atoms with Crippen molar-refractivity contribution in [2.45, 2.75) is 12.3 Å². The van der Waals surface area contributed by atoms with E-state index in [-0.39, 0.29) is 17.2 Å². The van der Waals surface area contributed by atoms with Gasteiger partial charge in [-0.25, -0.2) is 0 Å². The van der Waals surface area contributed by atoms with Gasteiger partial charge in [0.25, 0.3) is 11.6 Å². The highest BCUT2D eigenvalue weighted by Crippen LogP contribution is 2.43. The van der Waals surface area contributed by atoms with E-state index in [0.29, 0.717) is 5.56 Å². The molecule has 0 aromatic heterocycles. The number of nitrogens with two attached hydrogens (primary N) is 1. The summed E-state index contributed by atoms with van der Waals surface area (Å²) in [6, 6.07) is 4.67. The lowest BCUT2D eigenvalue weighted by atomic mass is 10.0. The highest BCUT2D eigenvalue weighted by Gasteiger charge is 2.33. The first-order valence-electron chi connectivity index (χ1n) is 4.51. The van der Waals surface area contributed by atoms with Crippen molar-refractivity contribution < 1.29 is 9.72 Å². The largest absolute Gasteiger partial charge is 0.365 e. The molecule has 1 atom stereocenters. The molecule has 2 N–H and O–H groups in total. The van der Waals surface area contributed by atoms with E-state index in [2.05, 4.69) is 0 Å². The molecule has 1 aromatic rings. The van der Waals surface area contributed by atoms with Gasteiger partial charge in [-0.1, -0.05) is 12.1 Å². The van der Waals surface area contributed by atoms with Crippen LogP contribution in [0.15, 0.2) is 18.2 Å². The number of primary amides is 1. The minimum absolute atomic E-state index is 0.0159. The van der Waals surface area contributed by atoms with Crippen LogP contribution in [-0.2, 0) is 0 Å². The number of hydrogen-bond donors (Lipinski definition) is 1. The number of benzene rings is 1. The summed E-state index contributed by atoms with van der Waals surface area (Å²) in [4.78, 5) is 21.4. The Hall–Kier alpha value is -1.91. The maximum absolute atomic E-state index is 11.0. The van der Waals surface area contributed by atoms with Crippen molar-refractivity contribution in [1.82, 2.24) is 0 Å². The van der Waals surface area contributed by atoms with Crippen molar-refractivity contribution in [3.05, 3.63) is 45.9 Å². The molecule has 1 saturated carbocycles. The number of carbonyl (C=O) groups is 1. The highest BCUT2D eigenvalue weighted by molar-refractivity contribution is 5.97. The summed E-state index contributed by atoms with van der Waals surface area (Å²) in [7, 11) is 0. The maximum atomic E-state index is 11.0. The van der Waals surface area contributed by atoms with Crippen molar-refractivity contribution in [2.24, 2.45) is 5.73 Å². The Morgan fingerprint density at radius 2 is 2.20 bits per heavy atom. The Morgan fingerprint density at radius 1 is 1.53 bits per heavy atom. The zero-order chi connectivity index (χ0) is 11.0. The summed E-state index contributed by atoms with van der Waals surface area (Å²) in [5.41, 5.74) is 5.50. The van der Waals surface area contributed by atoms with E-state index in [1.807, 2.05) is 6.42 Å². The molecule has 5 heteroatoms. The van der Waals surface area contributed by atoms with E-state index in [4.69, 9.17) is 5.73 Å². The number of hydrogen-bond acceptors (Lipinski definition) is 3. The molecule has 77 valence electrons. The molecule has 1 radical (unpaired) electrons. The van der Waals surface area contributed by atoms with Crippen LogP contribution in [0.3, 0.4) is 0 Å². The standard InChI is InChI=1S/C10H9N2O3/c11-10(13)8-3-1-2-7(6-4-5-6)9(8)12(14)15/h1-4,6H,5H2,(H2,11,13). The van der Waals surface area contributed by atoms with Gasteiger partial charge in [-0.2, -0.15) is 0 Å². The first kappa shape index (κ1) is 9.64. The minimum Gasteiger partial charge on any atom is -0.365 e. The molecule has 0 heterocycles. The van der Waals surface area contributed by atoms with E-state index in [1.165, 1.54) is 6.07 Å². The first-order chi connectivity index (χ1) is 7.11. The van der Waals surface area contributed by atoms with Crippen molar-refractivity contribution in [2.75, 3.05) is 0 Å². The van der Waals surface area contributed by atoms with Crippen LogP contribution in [-0.4, -0.2) is 10.8 Å². The highest BCUT2D eigenvalue weighted by atomic mass is 16.6. The van der Waals surface area contributed by atoms with Crippen LogP contribution in [0.5, 0.6) is 0 Å². The lowest BCUT2D eigenvalue weighted by molar-refractivity contribution is -0.385. The summed E-state index contributed by atoms with van der Waals surface area (Å²) in [5.74, 6) is -0.658. The second-order valence-electron chi connectivity index (χ2n) is 3.44. The fourth-order valence-electron chi connectivity index (χ4n) is 1.59. The van der Waals surface area contributed by atoms with Gasteiger partial charge >= 0.3 is 0 Å². The molecular weight excluding hydrogens is 196 g/mol. The number of nitrogens with zero attached hydrogens (tertiary/aromatic N) is 1. The Labute approximate surface area is 86.0 Å². The molecule has 1 fully saturated rings. The molecule has 1 aliphatic carbocycles. The predicted molar refractivity (Wildman–Crippen MR) is 53.3 cm³/mol. The number of carbonyl (C=O) groups excluding carboxylic acids is 1. The van der Waals surface area contributed by atoms with E-state index in [0.717, 1.165) is 6.42 Å². The van der Waals surface area contributed by atoms with Crippen LogP contribution in [0.2, 0.25) is 0 Å². The topological polar surface area (TPSA) is 86.2 Å². The summed E-state index contributed by atoms with van der Waals surface area (Å²) < 4.78 is 0.